The largest absolute Gasteiger partial charge is 0.299 e. The van der Waals surface area contributed by atoms with Gasteiger partial charge in [0.25, 0.3) is 0 Å². The van der Waals surface area contributed by atoms with Crippen LogP contribution in [0.5, 0.6) is 0 Å². The van der Waals surface area contributed by atoms with Gasteiger partial charge in [-0.05, 0) is 62.0 Å². The Morgan fingerprint density at radius 2 is 1.20 bits per heavy atom. The number of aromatic nitrogens is 3. The Balaban J connectivity index is 1.18. The summed E-state index contributed by atoms with van der Waals surface area (Å²) < 4.78 is 4.83. The summed E-state index contributed by atoms with van der Waals surface area (Å²) in [4.78, 5) is 12.7. The molecule has 0 unspecified atom stereocenters. The number of fused-ring (bicyclic) bond motifs is 12. The van der Waals surface area contributed by atoms with E-state index in [1.165, 1.54) is 68.5 Å². The van der Waals surface area contributed by atoms with E-state index in [1.54, 1.807) is 0 Å². The predicted molar refractivity (Wildman–Crippen MR) is 251 cm³/mol. The molecule has 280 valence electrons. The molecule has 4 nitrogen and oxygen atoms in total. The maximum atomic E-state index is 5.21. The standard InChI is InChI=1S/C53H38N4SSi/c1-53(2)45-29-28-43-42-22-10-12-25-48(42)58-50(43)49(45)57(52-46(53)23-14-30-54-52)35-15-13-20-38(33-35)59(36-16-5-3-6-17-36,37-18-7-4-8-19-37)39-26-27-40-41-21-9-11-24-47(41)56-32-31-55-51(56)44(40)34-39/h3-34H,1-2H3. The monoisotopic (exact) mass is 790 g/mol. The van der Waals surface area contributed by atoms with E-state index in [2.05, 4.69) is 205 Å². The third-order valence-corrected chi connectivity index (χ3v) is 18.8. The van der Waals surface area contributed by atoms with Crippen molar-refractivity contribution in [2.45, 2.75) is 19.3 Å². The van der Waals surface area contributed by atoms with Gasteiger partial charge in [-0.3, -0.25) is 9.30 Å². The van der Waals surface area contributed by atoms with Gasteiger partial charge in [-0.15, -0.1) is 11.3 Å². The summed E-state index contributed by atoms with van der Waals surface area (Å²) in [7, 11) is -3.02. The van der Waals surface area contributed by atoms with Crippen molar-refractivity contribution in [1.29, 1.82) is 0 Å². The van der Waals surface area contributed by atoms with Crippen molar-refractivity contribution in [3.63, 3.8) is 0 Å². The Kier molecular flexibility index (Phi) is 7.43. The van der Waals surface area contributed by atoms with Crippen LogP contribution in [0.3, 0.4) is 0 Å². The summed E-state index contributed by atoms with van der Waals surface area (Å²) >= 11 is 1.89. The van der Waals surface area contributed by atoms with E-state index in [0.29, 0.717) is 0 Å². The van der Waals surface area contributed by atoms with Crippen LogP contribution in [0.25, 0.3) is 47.5 Å². The SMILES string of the molecule is CC1(C)c2cccnc2N(c2cccc([Si](c3ccccc3)(c3ccccc3)c3ccc4c5ccccc5n5ccnc5c4c3)c2)c2c1ccc1c2sc2ccccc21. The van der Waals surface area contributed by atoms with Crippen molar-refractivity contribution in [2.75, 3.05) is 4.90 Å². The van der Waals surface area contributed by atoms with Gasteiger partial charge in [0.1, 0.15) is 11.5 Å². The van der Waals surface area contributed by atoms with E-state index in [1.807, 2.05) is 23.7 Å². The number of thiophene rings is 1. The van der Waals surface area contributed by atoms with E-state index in [9.17, 15) is 0 Å². The Labute approximate surface area is 347 Å². The number of hydrogen-bond donors (Lipinski definition) is 0. The molecule has 0 aliphatic carbocycles. The summed E-state index contributed by atoms with van der Waals surface area (Å²) in [5, 5.41) is 11.4. The molecule has 59 heavy (non-hydrogen) atoms. The van der Waals surface area contributed by atoms with Crippen molar-refractivity contribution in [2.24, 2.45) is 0 Å². The number of hydrogen-bond acceptors (Lipinski definition) is 4. The number of imidazole rings is 1. The number of benzene rings is 7. The lowest BCUT2D eigenvalue weighted by molar-refractivity contribution is 0.629. The molecule has 1 aliphatic rings. The highest BCUT2D eigenvalue weighted by atomic mass is 32.1. The molecule has 7 aromatic carbocycles. The van der Waals surface area contributed by atoms with Gasteiger partial charge in [0.05, 0.1) is 15.9 Å². The minimum Gasteiger partial charge on any atom is -0.299 e. The minimum absolute atomic E-state index is 0.253. The van der Waals surface area contributed by atoms with Crippen LogP contribution in [-0.2, 0) is 5.41 Å². The first-order chi connectivity index (χ1) is 29.0. The topological polar surface area (TPSA) is 33.4 Å². The third-order valence-electron chi connectivity index (χ3n) is 12.8. The minimum atomic E-state index is -3.02. The molecule has 0 radical (unpaired) electrons. The maximum Gasteiger partial charge on any atom is 0.179 e. The number of para-hydroxylation sites is 1. The molecule has 0 amide bonds. The van der Waals surface area contributed by atoms with Crippen LogP contribution in [0.1, 0.15) is 25.0 Å². The average Bonchev–Trinajstić information content (AvgIpc) is 3.94. The molecule has 0 bridgehead atoms. The molecule has 5 heterocycles. The maximum absolute atomic E-state index is 5.21. The molecule has 0 spiro atoms. The highest BCUT2D eigenvalue weighted by Gasteiger charge is 2.44. The smallest absolute Gasteiger partial charge is 0.179 e. The Morgan fingerprint density at radius 1 is 0.508 bits per heavy atom. The lowest BCUT2D eigenvalue weighted by Crippen LogP contribution is -2.74. The van der Waals surface area contributed by atoms with Crippen molar-refractivity contribution in [3.05, 3.63) is 206 Å². The van der Waals surface area contributed by atoms with Crippen LogP contribution in [0.2, 0.25) is 0 Å². The second-order valence-corrected chi connectivity index (χ2v) is 21.1. The molecule has 1 aliphatic heterocycles. The molecular formula is C53H38N4SSi. The molecule has 4 aromatic heterocycles. The van der Waals surface area contributed by atoms with Gasteiger partial charge in [-0.25, -0.2) is 9.97 Å². The zero-order chi connectivity index (χ0) is 39.3. The lowest BCUT2D eigenvalue weighted by Gasteiger charge is -2.42. The van der Waals surface area contributed by atoms with Crippen molar-refractivity contribution < 1.29 is 0 Å². The fourth-order valence-electron chi connectivity index (χ4n) is 10.1. The first-order valence-corrected chi connectivity index (χ1v) is 23.0. The molecule has 11 aromatic rings. The summed E-state index contributed by atoms with van der Waals surface area (Å²) in [6.45, 7) is 4.70. The summed E-state index contributed by atoms with van der Waals surface area (Å²) in [6, 6.07) is 65.6. The first-order valence-electron chi connectivity index (χ1n) is 20.2. The van der Waals surface area contributed by atoms with Gasteiger partial charge in [0, 0.05) is 61.5 Å². The molecule has 6 heteroatoms. The molecule has 0 saturated heterocycles. The van der Waals surface area contributed by atoms with Crippen LogP contribution in [0, 0.1) is 0 Å². The number of nitrogens with zero attached hydrogens (tertiary/aromatic N) is 4. The molecule has 0 atom stereocenters. The first kappa shape index (κ1) is 34.2. The zero-order valence-corrected chi connectivity index (χ0v) is 34.5. The van der Waals surface area contributed by atoms with Gasteiger partial charge >= 0.3 is 0 Å². The Bertz CT molecular complexity index is 3400. The summed E-state index contributed by atoms with van der Waals surface area (Å²) in [6.07, 6.45) is 5.96. The normalized spacial score (nSPS) is 13.7. The number of anilines is 3. The van der Waals surface area contributed by atoms with Crippen molar-refractivity contribution in [3.8, 4) is 0 Å². The molecule has 0 saturated carbocycles. The summed E-state index contributed by atoms with van der Waals surface area (Å²) in [5.41, 5.74) is 6.74. The lowest BCUT2D eigenvalue weighted by atomic mass is 9.74. The zero-order valence-electron chi connectivity index (χ0n) is 32.7. The van der Waals surface area contributed by atoms with E-state index < -0.39 is 8.07 Å². The fourth-order valence-corrected chi connectivity index (χ4v) is 16.2. The second kappa shape index (κ2) is 12.8. The van der Waals surface area contributed by atoms with Crippen molar-refractivity contribution >= 4 is 105 Å². The van der Waals surface area contributed by atoms with E-state index >= 15 is 0 Å². The van der Waals surface area contributed by atoms with Crippen molar-refractivity contribution in [1.82, 2.24) is 14.4 Å². The third kappa shape index (κ3) is 4.81. The predicted octanol–water partition coefficient (Wildman–Crippen LogP) is 10.9. The van der Waals surface area contributed by atoms with Crippen LogP contribution in [0.4, 0.5) is 17.2 Å². The molecule has 0 fully saturated rings. The van der Waals surface area contributed by atoms with Gasteiger partial charge < -0.3 is 0 Å². The Morgan fingerprint density at radius 3 is 2.02 bits per heavy atom. The van der Waals surface area contributed by atoms with Crippen LogP contribution in [-0.4, -0.2) is 22.4 Å². The molecule has 0 N–H and O–H groups in total. The van der Waals surface area contributed by atoms with E-state index in [-0.39, 0.29) is 5.41 Å². The molecular weight excluding hydrogens is 753 g/mol. The van der Waals surface area contributed by atoms with Crippen LogP contribution >= 0.6 is 11.3 Å². The number of pyridine rings is 2. The average molecular weight is 791 g/mol. The van der Waals surface area contributed by atoms with Crippen LogP contribution < -0.4 is 25.6 Å². The van der Waals surface area contributed by atoms with Gasteiger partial charge in [-0.1, -0.05) is 159 Å². The quantitative estimate of drug-likeness (QED) is 0.0989. The van der Waals surface area contributed by atoms with E-state index in [0.717, 1.165) is 28.1 Å². The molecule has 12 rings (SSSR count). The van der Waals surface area contributed by atoms with Gasteiger partial charge in [0.15, 0.2) is 8.07 Å². The van der Waals surface area contributed by atoms with Crippen LogP contribution in [0.15, 0.2) is 195 Å². The highest BCUT2D eigenvalue weighted by molar-refractivity contribution is 7.26. The van der Waals surface area contributed by atoms with Gasteiger partial charge in [-0.2, -0.15) is 0 Å². The number of rotatable bonds is 5. The fraction of sp³-hybridized carbons (Fsp3) is 0.0566. The highest BCUT2D eigenvalue weighted by Crippen LogP contribution is 2.55. The Hall–Kier alpha value is -6.86. The van der Waals surface area contributed by atoms with Gasteiger partial charge in [0.2, 0.25) is 0 Å². The van der Waals surface area contributed by atoms with E-state index in [4.69, 9.17) is 9.97 Å². The summed E-state index contributed by atoms with van der Waals surface area (Å²) in [5.74, 6) is 0.984. The second-order valence-electron chi connectivity index (χ2n) is 16.2.